The van der Waals surface area contributed by atoms with Gasteiger partial charge < -0.3 is 31.0 Å². The minimum atomic E-state index is -0.944. The molecule has 0 spiro atoms. The monoisotopic (exact) mass is 711 g/mol. The molecule has 11 heteroatoms. The van der Waals surface area contributed by atoms with E-state index in [0.29, 0.717) is 19.4 Å². The van der Waals surface area contributed by atoms with Crippen LogP contribution in [0.1, 0.15) is 188 Å². The highest BCUT2D eigenvalue weighted by molar-refractivity contribution is 5.83. The number of esters is 3. The largest absolute Gasteiger partial charge is 0.462 e. The summed E-state index contributed by atoms with van der Waals surface area (Å²) in [4.78, 5) is 53.7. The molecule has 0 radical (unpaired) electrons. The molecule has 0 saturated carbocycles. The number of amides is 1. The highest BCUT2D eigenvalue weighted by atomic mass is 16.6. The summed E-state index contributed by atoms with van der Waals surface area (Å²) in [6.07, 6.45) is 26.2. The van der Waals surface area contributed by atoms with Gasteiger partial charge in [0.25, 0.3) is 0 Å². The Morgan fingerprint density at radius 1 is 0.580 bits per heavy atom. The van der Waals surface area contributed by atoms with Crippen LogP contribution in [-0.2, 0) is 33.4 Å². The number of guanidine groups is 1. The van der Waals surface area contributed by atoms with Gasteiger partial charge in [-0.3, -0.25) is 19.4 Å². The van der Waals surface area contributed by atoms with Gasteiger partial charge in [-0.1, -0.05) is 142 Å². The van der Waals surface area contributed by atoms with E-state index in [1.54, 1.807) is 0 Å². The number of hydrogen-bond donors (Lipinski definition) is 3. The van der Waals surface area contributed by atoms with Crippen LogP contribution in [-0.4, -0.2) is 61.7 Å². The predicted octanol–water partition coefficient (Wildman–Crippen LogP) is 7.95. The summed E-state index contributed by atoms with van der Waals surface area (Å²) in [6, 6.07) is -0.919. The molecular formula is C39H74N4O7. The van der Waals surface area contributed by atoms with Gasteiger partial charge in [0, 0.05) is 26.3 Å². The number of aliphatic imine (C=N–C) groups is 1. The average Bonchev–Trinajstić information content (AvgIpc) is 3.08. The van der Waals surface area contributed by atoms with E-state index in [0.717, 1.165) is 38.5 Å². The maximum Gasteiger partial charge on any atom is 0.328 e. The smallest absolute Gasteiger partial charge is 0.328 e. The lowest BCUT2D eigenvalue weighted by Crippen LogP contribution is -2.42. The van der Waals surface area contributed by atoms with Crippen LogP contribution in [0.3, 0.4) is 0 Å². The number of carbonyl (C=O) groups excluding carboxylic acids is 4. The molecule has 0 saturated heterocycles. The molecule has 1 amide bonds. The second kappa shape index (κ2) is 34.6. The van der Waals surface area contributed by atoms with Crippen LogP contribution in [0.4, 0.5) is 0 Å². The fraction of sp³-hybridized carbons (Fsp3) is 0.872. The van der Waals surface area contributed by atoms with Crippen molar-refractivity contribution in [1.82, 2.24) is 5.32 Å². The Kier molecular flexibility index (Phi) is 32.6. The number of nitrogens with zero attached hydrogens (tertiary/aromatic N) is 1. The first-order chi connectivity index (χ1) is 24.2. The highest BCUT2D eigenvalue weighted by Crippen LogP contribution is 2.14. The Balaban J connectivity index is 4.72. The first-order valence-electron chi connectivity index (χ1n) is 20.0. The van der Waals surface area contributed by atoms with Crippen LogP contribution in [0.2, 0.25) is 0 Å². The molecule has 0 heterocycles. The van der Waals surface area contributed by atoms with Crippen molar-refractivity contribution in [3.8, 4) is 0 Å². The Morgan fingerprint density at radius 3 is 1.44 bits per heavy atom. The Morgan fingerprint density at radius 2 is 1.00 bits per heavy atom. The standard InChI is InChI=1S/C39H74N4O7/c1-4-6-8-10-12-14-16-18-20-22-24-28-36(45)48-31-34(32-49-38(47)35(43-33(3)44)27-26-30-42-39(40)41)50-37(46)29-25-23-21-19-17-15-13-11-9-7-5-2/h34-35H,4-32H2,1-3H3,(H,43,44)(H4,40,41,42)/t34-,35+/m1/s1. The number of hydrogen-bond acceptors (Lipinski definition) is 8. The molecule has 0 aliphatic rings. The zero-order valence-electron chi connectivity index (χ0n) is 32.1. The number of rotatable bonds is 35. The summed E-state index contributed by atoms with van der Waals surface area (Å²) in [5.74, 6) is -1.91. The topological polar surface area (TPSA) is 172 Å². The van der Waals surface area contributed by atoms with Gasteiger partial charge in [-0.05, 0) is 25.7 Å². The first kappa shape index (κ1) is 47.1. The van der Waals surface area contributed by atoms with Crippen LogP contribution in [0.15, 0.2) is 4.99 Å². The Labute approximate surface area is 304 Å². The summed E-state index contributed by atoms with van der Waals surface area (Å²) in [5.41, 5.74) is 10.7. The lowest BCUT2D eigenvalue weighted by Gasteiger charge is -2.21. The molecule has 5 N–H and O–H groups in total. The molecule has 0 fully saturated rings. The maximum atomic E-state index is 12.9. The third kappa shape index (κ3) is 32.4. The van der Waals surface area contributed by atoms with Crippen LogP contribution in [0.5, 0.6) is 0 Å². The summed E-state index contributed by atoms with van der Waals surface area (Å²) in [6.45, 7) is 5.56. The van der Waals surface area contributed by atoms with E-state index in [1.807, 2.05) is 0 Å². The zero-order valence-corrected chi connectivity index (χ0v) is 32.1. The van der Waals surface area contributed by atoms with Crippen molar-refractivity contribution in [2.75, 3.05) is 19.8 Å². The molecule has 2 atom stereocenters. The number of nitrogens with two attached hydrogens (primary N) is 2. The summed E-state index contributed by atoms with van der Waals surface area (Å²) in [7, 11) is 0. The molecule has 11 nitrogen and oxygen atoms in total. The minimum absolute atomic E-state index is 0.0560. The normalized spacial score (nSPS) is 12.1. The van der Waals surface area contributed by atoms with Crippen molar-refractivity contribution in [3.05, 3.63) is 0 Å². The Hall–Kier alpha value is -2.85. The van der Waals surface area contributed by atoms with Gasteiger partial charge in [0.15, 0.2) is 12.1 Å². The van der Waals surface area contributed by atoms with E-state index >= 15 is 0 Å². The lowest BCUT2D eigenvalue weighted by molar-refractivity contribution is -0.167. The third-order valence-electron chi connectivity index (χ3n) is 8.72. The lowest BCUT2D eigenvalue weighted by atomic mass is 10.1. The number of ether oxygens (including phenoxy) is 3. The average molecular weight is 711 g/mol. The molecule has 0 aromatic heterocycles. The predicted molar refractivity (Wildman–Crippen MR) is 201 cm³/mol. The van der Waals surface area contributed by atoms with Crippen molar-refractivity contribution < 1.29 is 33.4 Å². The molecule has 292 valence electrons. The van der Waals surface area contributed by atoms with Crippen molar-refractivity contribution >= 4 is 29.8 Å². The zero-order chi connectivity index (χ0) is 37.1. The van der Waals surface area contributed by atoms with E-state index in [2.05, 4.69) is 24.2 Å². The second-order valence-corrected chi connectivity index (χ2v) is 13.7. The second-order valence-electron chi connectivity index (χ2n) is 13.7. The van der Waals surface area contributed by atoms with Gasteiger partial charge in [-0.25, -0.2) is 4.79 Å². The minimum Gasteiger partial charge on any atom is -0.462 e. The third-order valence-corrected chi connectivity index (χ3v) is 8.72. The molecule has 0 unspecified atom stereocenters. The van der Waals surface area contributed by atoms with Crippen LogP contribution in [0, 0.1) is 0 Å². The van der Waals surface area contributed by atoms with E-state index < -0.39 is 24.1 Å². The van der Waals surface area contributed by atoms with E-state index in [9.17, 15) is 19.2 Å². The van der Waals surface area contributed by atoms with Crippen molar-refractivity contribution in [1.29, 1.82) is 0 Å². The molecule has 0 bridgehead atoms. The van der Waals surface area contributed by atoms with Gasteiger partial charge in [-0.15, -0.1) is 0 Å². The van der Waals surface area contributed by atoms with Crippen molar-refractivity contribution in [2.24, 2.45) is 16.5 Å². The van der Waals surface area contributed by atoms with Crippen LogP contribution >= 0.6 is 0 Å². The van der Waals surface area contributed by atoms with Crippen LogP contribution in [0.25, 0.3) is 0 Å². The Bertz CT molecular complexity index is 896. The fourth-order valence-electron chi connectivity index (χ4n) is 5.76. The summed E-state index contributed by atoms with van der Waals surface area (Å²) in [5, 5.41) is 2.58. The maximum absolute atomic E-state index is 12.9. The molecular weight excluding hydrogens is 636 g/mol. The van der Waals surface area contributed by atoms with Gasteiger partial charge >= 0.3 is 17.9 Å². The molecule has 0 rings (SSSR count). The molecule has 0 aliphatic heterocycles. The van der Waals surface area contributed by atoms with Gasteiger partial charge in [0.2, 0.25) is 5.91 Å². The molecule has 0 aromatic carbocycles. The molecule has 0 aromatic rings. The number of nitrogens with one attached hydrogen (secondary N) is 1. The summed E-state index contributed by atoms with van der Waals surface area (Å²) < 4.78 is 16.5. The van der Waals surface area contributed by atoms with E-state index in [4.69, 9.17) is 25.7 Å². The quantitative estimate of drug-likeness (QED) is 0.0194. The van der Waals surface area contributed by atoms with Crippen molar-refractivity contribution in [3.63, 3.8) is 0 Å². The van der Waals surface area contributed by atoms with Gasteiger partial charge in [-0.2, -0.15) is 0 Å². The molecule has 0 aliphatic carbocycles. The number of unbranched alkanes of at least 4 members (excludes halogenated alkanes) is 20. The van der Waals surface area contributed by atoms with Crippen LogP contribution < -0.4 is 16.8 Å². The fourth-order valence-corrected chi connectivity index (χ4v) is 5.76. The SMILES string of the molecule is CCCCCCCCCCCCCC(=O)OC[C@H](COC(=O)[C@H](CCCN=C(N)N)NC(C)=O)OC(=O)CCCCCCCCCCCCC. The first-order valence-corrected chi connectivity index (χ1v) is 20.0. The highest BCUT2D eigenvalue weighted by Gasteiger charge is 2.24. The van der Waals surface area contributed by atoms with E-state index in [-0.39, 0.29) is 50.3 Å². The molecule has 50 heavy (non-hydrogen) atoms. The van der Waals surface area contributed by atoms with E-state index in [1.165, 1.54) is 103 Å². The van der Waals surface area contributed by atoms with Gasteiger partial charge in [0.05, 0.1) is 0 Å². The van der Waals surface area contributed by atoms with Crippen molar-refractivity contribution in [2.45, 2.75) is 200 Å². The number of carbonyl (C=O) groups is 4. The summed E-state index contributed by atoms with van der Waals surface area (Å²) >= 11 is 0. The van der Waals surface area contributed by atoms with Gasteiger partial charge in [0.1, 0.15) is 19.3 Å².